The van der Waals surface area contributed by atoms with E-state index >= 15 is 0 Å². The van der Waals surface area contributed by atoms with E-state index in [-0.39, 0.29) is 34.6 Å². The number of fused-ring (bicyclic) bond motifs is 3. The minimum Gasteiger partial charge on any atom is -0.370 e. The molecular weight excluding hydrogens is 440 g/mol. The summed E-state index contributed by atoms with van der Waals surface area (Å²) < 4.78 is 20.2. The summed E-state index contributed by atoms with van der Waals surface area (Å²) in [5, 5.41) is 11.5. The predicted octanol–water partition coefficient (Wildman–Crippen LogP) is 6.20. The van der Waals surface area contributed by atoms with Crippen molar-refractivity contribution in [1.29, 1.82) is 0 Å². The first kappa shape index (κ1) is 26.1. The second-order valence-electron chi connectivity index (χ2n) is 14.3. The fourth-order valence-corrected chi connectivity index (χ4v) is 9.11. The maximum atomic E-state index is 12.6. The molecule has 1 spiro atoms. The number of carbonyl (C=O) groups is 1. The summed E-state index contributed by atoms with van der Waals surface area (Å²) in [5.74, 6) is 0.201. The van der Waals surface area contributed by atoms with Crippen molar-refractivity contribution in [2.75, 3.05) is 0 Å². The standard InChI is InChI=1S/C30H50O5/c1-19(2)22(31)13-14-27(8)23-11-10-21(4)28(27,34-23)16-15-26(7)20(3)9-12-24-29(26)17-18-30(32,35-29)25(5,6)33-24/h19-21,23-24,32H,9-18H2,1-8H3/t20-,21?,23?,24-,26-,27?,28?,29+,30-/m1/s1. The molecule has 4 heterocycles. The Morgan fingerprint density at radius 2 is 1.51 bits per heavy atom. The van der Waals surface area contributed by atoms with Crippen molar-refractivity contribution in [2.45, 2.75) is 154 Å². The summed E-state index contributed by atoms with van der Waals surface area (Å²) in [4.78, 5) is 12.6. The first-order chi connectivity index (χ1) is 16.2. The monoisotopic (exact) mass is 490 g/mol. The van der Waals surface area contributed by atoms with Crippen LogP contribution in [0, 0.1) is 28.6 Å². The number of ketones is 1. The van der Waals surface area contributed by atoms with Gasteiger partial charge in [0.15, 0.2) is 5.79 Å². The Labute approximate surface area is 213 Å². The van der Waals surface area contributed by atoms with E-state index in [0.29, 0.717) is 30.5 Å². The summed E-state index contributed by atoms with van der Waals surface area (Å²) in [6.07, 6.45) is 9.75. The van der Waals surface area contributed by atoms with E-state index in [2.05, 4.69) is 27.7 Å². The van der Waals surface area contributed by atoms with Gasteiger partial charge in [-0.15, -0.1) is 0 Å². The summed E-state index contributed by atoms with van der Waals surface area (Å²) in [7, 11) is 0. The average molecular weight is 491 g/mol. The van der Waals surface area contributed by atoms with Crippen molar-refractivity contribution in [3.63, 3.8) is 0 Å². The fraction of sp³-hybridized carbons (Fsp3) is 0.967. The Balaban J connectivity index is 1.41. The lowest BCUT2D eigenvalue weighted by atomic mass is 9.48. The van der Waals surface area contributed by atoms with E-state index in [1.807, 2.05) is 27.7 Å². The lowest BCUT2D eigenvalue weighted by Gasteiger charge is -2.70. The predicted molar refractivity (Wildman–Crippen MR) is 136 cm³/mol. The van der Waals surface area contributed by atoms with E-state index in [1.54, 1.807) is 0 Å². The van der Waals surface area contributed by atoms with Crippen LogP contribution in [-0.4, -0.2) is 45.7 Å². The van der Waals surface area contributed by atoms with Crippen LogP contribution in [0.5, 0.6) is 0 Å². The summed E-state index contributed by atoms with van der Waals surface area (Å²) >= 11 is 0. The molecule has 1 N–H and O–H groups in total. The molecule has 200 valence electrons. The molecule has 4 unspecified atom stereocenters. The second kappa shape index (κ2) is 8.01. The molecule has 0 aromatic heterocycles. The van der Waals surface area contributed by atoms with Gasteiger partial charge >= 0.3 is 0 Å². The van der Waals surface area contributed by atoms with Crippen molar-refractivity contribution in [3.8, 4) is 0 Å². The topological polar surface area (TPSA) is 65.0 Å². The van der Waals surface area contributed by atoms with Gasteiger partial charge in [0.25, 0.3) is 0 Å². The van der Waals surface area contributed by atoms with Crippen LogP contribution < -0.4 is 0 Å². The third-order valence-electron chi connectivity index (χ3n) is 12.2. The van der Waals surface area contributed by atoms with Crippen molar-refractivity contribution < 1.29 is 24.1 Å². The Morgan fingerprint density at radius 3 is 2.17 bits per heavy atom. The maximum absolute atomic E-state index is 12.6. The Morgan fingerprint density at radius 1 is 0.857 bits per heavy atom. The van der Waals surface area contributed by atoms with Crippen molar-refractivity contribution in [3.05, 3.63) is 0 Å². The van der Waals surface area contributed by atoms with E-state index in [9.17, 15) is 9.90 Å². The molecule has 6 aliphatic rings. The Bertz CT molecular complexity index is 869. The average Bonchev–Trinajstić information content (AvgIpc) is 3.14. The molecule has 0 aromatic carbocycles. The smallest absolute Gasteiger partial charge is 0.195 e. The van der Waals surface area contributed by atoms with Gasteiger partial charge in [-0.3, -0.25) is 4.79 Å². The van der Waals surface area contributed by atoms with Gasteiger partial charge in [0, 0.05) is 29.6 Å². The molecule has 2 aliphatic carbocycles. The van der Waals surface area contributed by atoms with Gasteiger partial charge in [-0.25, -0.2) is 0 Å². The summed E-state index contributed by atoms with van der Waals surface area (Å²) in [5.41, 5.74) is -1.38. The first-order valence-electron chi connectivity index (χ1n) is 14.5. The highest BCUT2D eigenvalue weighted by atomic mass is 16.7. The number of hydrogen-bond donors (Lipinski definition) is 1. The molecule has 2 saturated carbocycles. The molecule has 0 aromatic rings. The van der Waals surface area contributed by atoms with Crippen LogP contribution in [0.1, 0.15) is 120 Å². The lowest BCUT2D eigenvalue weighted by Crippen LogP contribution is -2.74. The highest BCUT2D eigenvalue weighted by Crippen LogP contribution is 2.68. The van der Waals surface area contributed by atoms with Gasteiger partial charge in [-0.05, 0) is 77.0 Å². The van der Waals surface area contributed by atoms with Crippen LogP contribution in [0.2, 0.25) is 0 Å². The third-order valence-corrected chi connectivity index (χ3v) is 12.2. The number of aliphatic hydroxyl groups is 1. The fourth-order valence-electron chi connectivity index (χ4n) is 9.11. The van der Waals surface area contributed by atoms with Crippen molar-refractivity contribution in [2.24, 2.45) is 28.6 Å². The number of ether oxygens (including phenoxy) is 3. The normalized spacial score (nSPS) is 52.2. The van der Waals surface area contributed by atoms with Crippen LogP contribution in [0.3, 0.4) is 0 Å². The molecule has 35 heavy (non-hydrogen) atoms. The molecule has 9 atom stereocenters. The molecule has 4 saturated heterocycles. The van der Waals surface area contributed by atoms with Gasteiger partial charge in [-0.1, -0.05) is 41.5 Å². The van der Waals surface area contributed by atoms with Gasteiger partial charge in [0.05, 0.1) is 17.8 Å². The lowest BCUT2D eigenvalue weighted by molar-refractivity contribution is -0.412. The summed E-state index contributed by atoms with van der Waals surface area (Å²) in [6.45, 7) is 17.5. The molecule has 4 aliphatic heterocycles. The minimum absolute atomic E-state index is 0.0212. The molecule has 5 heteroatoms. The van der Waals surface area contributed by atoms with Crippen LogP contribution in [0.25, 0.3) is 0 Å². The Hall–Kier alpha value is -0.490. The highest BCUT2D eigenvalue weighted by Gasteiger charge is 2.74. The third kappa shape index (κ3) is 3.29. The SMILES string of the molecule is CC(C)C(=O)CCC1(C)C2CCC(C)C1(CC[C@]1(C)[C@H](C)CC[C@H]3OC(C)(C)[C@@]4(O)CC[C@]31O4)O2. The highest BCUT2D eigenvalue weighted by molar-refractivity contribution is 5.80. The molecular formula is C30H50O5. The van der Waals surface area contributed by atoms with E-state index < -0.39 is 17.0 Å². The van der Waals surface area contributed by atoms with Gasteiger partial charge in [-0.2, -0.15) is 0 Å². The Kier molecular flexibility index (Phi) is 5.98. The molecule has 0 radical (unpaired) electrons. The minimum atomic E-state index is -1.22. The van der Waals surface area contributed by atoms with Gasteiger partial charge in [0.1, 0.15) is 17.0 Å². The molecule has 0 amide bonds. The van der Waals surface area contributed by atoms with Crippen LogP contribution in [0.4, 0.5) is 0 Å². The zero-order chi connectivity index (χ0) is 25.7. The largest absolute Gasteiger partial charge is 0.370 e. The quantitative estimate of drug-likeness (QED) is 0.460. The number of Topliss-reactive ketones (excluding diaryl/α,β-unsaturated/α-hetero) is 1. The first-order valence-corrected chi connectivity index (χ1v) is 14.5. The number of hydrogen-bond acceptors (Lipinski definition) is 5. The maximum Gasteiger partial charge on any atom is 0.195 e. The van der Waals surface area contributed by atoms with Crippen LogP contribution >= 0.6 is 0 Å². The van der Waals surface area contributed by atoms with Crippen molar-refractivity contribution >= 4 is 5.78 Å². The van der Waals surface area contributed by atoms with E-state index in [4.69, 9.17) is 14.2 Å². The van der Waals surface area contributed by atoms with Crippen LogP contribution in [0.15, 0.2) is 0 Å². The molecule has 5 nitrogen and oxygen atoms in total. The molecule has 6 rings (SSSR count). The van der Waals surface area contributed by atoms with E-state index in [1.165, 1.54) is 6.42 Å². The van der Waals surface area contributed by atoms with Crippen molar-refractivity contribution in [1.82, 2.24) is 0 Å². The zero-order valence-corrected chi connectivity index (χ0v) is 23.5. The van der Waals surface area contributed by atoms with E-state index in [0.717, 1.165) is 44.9 Å². The second-order valence-corrected chi connectivity index (χ2v) is 14.3. The van der Waals surface area contributed by atoms with Crippen LogP contribution in [-0.2, 0) is 19.0 Å². The van der Waals surface area contributed by atoms with Gasteiger partial charge in [0.2, 0.25) is 0 Å². The molecule has 4 bridgehead atoms. The number of rotatable bonds is 7. The van der Waals surface area contributed by atoms with Gasteiger partial charge < -0.3 is 19.3 Å². The zero-order valence-electron chi connectivity index (χ0n) is 23.5. The number of carbonyl (C=O) groups excluding carboxylic acids is 1. The molecule has 6 fully saturated rings. The summed E-state index contributed by atoms with van der Waals surface area (Å²) in [6, 6.07) is 0.